The van der Waals surface area contributed by atoms with Gasteiger partial charge < -0.3 is 14.9 Å². The van der Waals surface area contributed by atoms with E-state index in [0.717, 1.165) is 31.3 Å². The molecule has 4 aliphatic rings. The smallest absolute Gasteiger partial charge is 0.161 e. The predicted molar refractivity (Wildman–Crippen MR) is 99.9 cm³/mol. The summed E-state index contributed by atoms with van der Waals surface area (Å²) in [5, 5.41) is 20.7. The van der Waals surface area contributed by atoms with E-state index in [-0.39, 0.29) is 40.3 Å². The molecule has 0 heterocycles. The first kappa shape index (κ1) is 19.3. The highest BCUT2D eigenvalue weighted by Crippen LogP contribution is 2.66. The first-order chi connectivity index (χ1) is 12.8. The van der Waals surface area contributed by atoms with Crippen molar-refractivity contribution in [3.05, 3.63) is 11.6 Å². The summed E-state index contributed by atoms with van der Waals surface area (Å²) in [4.78, 5) is 24.5. The lowest BCUT2D eigenvalue weighted by Gasteiger charge is -2.61. The van der Waals surface area contributed by atoms with Gasteiger partial charge in [-0.05, 0) is 61.3 Å². The number of ether oxygens (including phenoxy) is 1. The van der Waals surface area contributed by atoms with Crippen molar-refractivity contribution < 1.29 is 24.5 Å². The fourth-order valence-electron chi connectivity index (χ4n) is 7.67. The molecule has 2 N–H and O–H groups in total. The zero-order chi connectivity index (χ0) is 19.6. The molecule has 1 unspecified atom stereocenters. The van der Waals surface area contributed by atoms with Crippen molar-refractivity contribution in [2.75, 3.05) is 13.7 Å². The lowest BCUT2D eigenvalue weighted by atomic mass is 9.45. The number of rotatable bonds is 3. The van der Waals surface area contributed by atoms with Crippen LogP contribution in [0, 0.1) is 34.5 Å². The van der Waals surface area contributed by atoms with Crippen LogP contribution in [0.2, 0.25) is 0 Å². The summed E-state index contributed by atoms with van der Waals surface area (Å²) >= 11 is 0. The van der Waals surface area contributed by atoms with Crippen LogP contribution in [0.1, 0.15) is 52.4 Å². The van der Waals surface area contributed by atoms with Gasteiger partial charge in [-0.15, -0.1) is 0 Å². The van der Waals surface area contributed by atoms with Crippen LogP contribution in [0.15, 0.2) is 11.6 Å². The van der Waals surface area contributed by atoms with Gasteiger partial charge in [0, 0.05) is 24.9 Å². The Kier molecular flexibility index (Phi) is 4.64. The van der Waals surface area contributed by atoms with Gasteiger partial charge in [-0.3, -0.25) is 9.59 Å². The van der Waals surface area contributed by atoms with Crippen molar-refractivity contribution >= 4 is 11.6 Å². The molecule has 0 spiro atoms. The highest BCUT2D eigenvalue weighted by molar-refractivity contribution is 5.92. The number of methoxy groups -OCH3 is 1. The van der Waals surface area contributed by atoms with Crippen LogP contribution < -0.4 is 0 Å². The molecule has 0 bridgehead atoms. The van der Waals surface area contributed by atoms with E-state index in [9.17, 15) is 19.8 Å². The largest absolute Gasteiger partial charge is 0.393 e. The third-order valence-corrected chi connectivity index (χ3v) is 8.80. The summed E-state index contributed by atoms with van der Waals surface area (Å²) in [6.45, 7) is 3.91. The highest BCUT2D eigenvalue weighted by atomic mass is 16.5. The van der Waals surface area contributed by atoms with Crippen LogP contribution in [0.5, 0.6) is 0 Å². The number of Topliss-reactive ketones (excluding diaryl/α,β-unsaturated/α-hetero) is 1. The number of hydrogen-bond donors (Lipinski definition) is 2. The van der Waals surface area contributed by atoms with Gasteiger partial charge >= 0.3 is 0 Å². The zero-order valence-electron chi connectivity index (χ0n) is 16.6. The zero-order valence-corrected chi connectivity index (χ0v) is 16.6. The summed E-state index contributed by atoms with van der Waals surface area (Å²) in [6.07, 6.45) is 5.64. The van der Waals surface area contributed by atoms with Crippen LogP contribution in [-0.4, -0.2) is 47.7 Å². The minimum atomic E-state index is -0.525. The van der Waals surface area contributed by atoms with E-state index in [4.69, 9.17) is 4.74 Å². The SMILES string of the molecule is COC1CC(=O)C=C2CC[C@@H]3[C@H]([C@@H](O)C[C@]4(C)[C@@H](C(=O)CO)CC[C@@H]34)[C@]21C. The maximum atomic E-state index is 12.4. The van der Waals surface area contributed by atoms with Gasteiger partial charge in [-0.25, -0.2) is 0 Å². The molecule has 0 aromatic carbocycles. The van der Waals surface area contributed by atoms with Crippen LogP contribution in [0.25, 0.3) is 0 Å². The quantitative estimate of drug-likeness (QED) is 0.790. The van der Waals surface area contributed by atoms with Crippen molar-refractivity contribution in [1.29, 1.82) is 0 Å². The number of fused-ring (bicyclic) bond motifs is 5. The normalized spacial score (nSPS) is 49.1. The van der Waals surface area contributed by atoms with E-state index < -0.39 is 12.7 Å². The summed E-state index contributed by atoms with van der Waals surface area (Å²) < 4.78 is 5.78. The van der Waals surface area contributed by atoms with Crippen molar-refractivity contribution in [2.24, 2.45) is 34.5 Å². The summed E-state index contributed by atoms with van der Waals surface area (Å²) in [6, 6.07) is 0. The molecule has 5 heteroatoms. The molecule has 4 rings (SSSR count). The number of aliphatic hydroxyl groups is 2. The average Bonchev–Trinajstić information content (AvgIpc) is 2.97. The first-order valence-corrected chi connectivity index (χ1v) is 10.4. The van der Waals surface area contributed by atoms with Crippen molar-refractivity contribution in [1.82, 2.24) is 0 Å². The third-order valence-electron chi connectivity index (χ3n) is 8.80. The Bertz CT molecular complexity index is 684. The summed E-state index contributed by atoms with van der Waals surface area (Å²) in [5.74, 6) is 0.641. The molecule has 3 saturated carbocycles. The number of hydrogen-bond acceptors (Lipinski definition) is 5. The number of ketones is 2. The van der Waals surface area contributed by atoms with Gasteiger partial charge in [0.1, 0.15) is 6.61 Å². The van der Waals surface area contributed by atoms with Crippen LogP contribution >= 0.6 is 0 Å². The second kappa shape index (κ2) is 6.50. The Hall–Kier alpha value is -1.04. The fraction of sp³-hybridized carbons (Fsp3) is 0.818. The topological polar surface area (TPSA) is 83.8 Å². The van der Waals surface area contributed by atoms with Crippen molar-refractivity contribution in [3.8, 4) is 0 Å². The average molecular weight is 376 g/mol. The molecular weight excluding hydrogens is 344 g/mol. The predicted octanol–water partition coefficient (Wildman–Crippen LogP) is 2.29. The van der Waals surface area contributed by atoms with Gasteiger partial charge in [-0.2, -0.15) is 0 Å². The highest BCUT2D eigenvalue weighted by Gasteiger charge is 2.64. The lowest BCUT2D eigenvalue weighted by molar-refractivity contribution is -0.166. The Morgan fingerprint density at radius 3 is 2.70 bits per heavy atom. The number of carbonyl (C=O) groups excluding carboxylic acids is 2. The van der Waals surface area contributed by atoms with Crippen LogP contribution in [0.3, 0.4) is 0 Å². The maximum absolute atomic E-state index is 12.4. The molecule has 4 aliphatic carbocycles. The molecule has 5 nitrogen and oxygen atoms in total. The van der Waals surface area contributed by atoms with E-state index in [1.807, 2.05) is 0 Å². The molecule has 0 amide bonds. The molecule has 27 heavy (non-hydrogen) atoms. The van der Waals surface area contributed by atoms with Crippen LogP contribution in [0.4, 0.5) is 0 Å². The van der Waals surface area contributed by atoms with Crippen molar-refractivity contribution in [2.45, 2.75) is 64.6 Å². The Morgan fingerprint density at radius 1 is 1.30 bits per heavy atom. The standard InChI is InChI=1S/C22H32O5/c1-21-10-17(25)20-14(15(21)6-7-16(21)18(26)11-23)5-4-12-8-13(24)9-19(27-3)22(12,20)2/h8,14-17,19-20,23,25H,4-7,9-11H2,1-3H3/t14-,15-,16+,17-,19?,20+,21-,22+/m0/s1. The Morgan fingerprint density at radius 2 is 2.04 bits per heavy atom. The molecule has 0 aliphatic heterocycles. The van der Waals surface area contributed by atoms with Gasteiger partial charge in [0.2, 0.25) is 0 Å². The summed E-state index contributed by atoms with van der Waals surface area (Å²) in [7, 11) is 1.67. The van der Waals surface area contributed by atoms with Gasteiger partial charge in [0.25, 0.3) is 0 Å². The monoisotopic (exact) mass is 376 g/mol. The molecule has 0 aromatic heterocycles. The lowest BCUT2D eigenvalue weighted by Crippen LogP contribution is -2.60. The fourth-order valence-corrected chi connectivity index (χ4v) is 7.67. The van der Waals surface area contributed by atoms with Gasteiger partial charge in [0.05, 0.1) is 12.2 Å². The third kappa shape index (κ3) is 2.54. The van der Waals surface area contributed by atoms with Gasteiger partial charge in [0.15, 0.2) is 11.6 Å². The minimum Gasteiger partial charge on any atom is -0.393 e. The molecule has 0 aromatic rings. The van der Waals surface area contributed by atoms with E-state index >= 15 is 0 Å². The Balaban J connectivity index is 1.74. The molecular formula is C22H32O5. The van der Waals surface area contributed by atoms with E-state index in [1.165, 1.54) is 0 Å². The van der Waals surface area contributed by atoms with E-state index in [0.29, 0.717) is 24.7 Å². The van der Waals surface area contributed by atoms with E-state index in [1.54, 1.807) is 13.2 Å². The number of carbonyl (C=O) groups is 2. The second-order valence-electron chi connectivity index (χ2n) is 9.71. The minimum absolute atomic E-state index is 0.0524. The maximum Gasteiger partial charge on any atom is 0.161 e. The summed E-state index contributed by atoms with van der Waals surface area (Å²) in [5.41, 5.74) is 0.562. The molecule has 8 atom stereocenters. The molecule has 0 saturated heterocycles. The van der Waals surface area contributed by atoms with Gasteiger partial charge in [-0.1, -0.05) is 19.4 Å². The molecule has 3 fully saturated rings. The molecule has 0 radical (unpaired) electrons. The number of aliphatic hydroxyl groups excluding tert-OH is 2. The molecule has 150 valence electrons. The van der Waals surface area contributed by atoms with Crippen LogP contribution in [-0.2, 0) is 14.3 Å². The van der Waals surface area contributed by atoms with E-state index in [2.05, 4.69) is 13.8 Å². The first-order valence-electron chi connectivity index (χ1n) is 10.4. The van der Waals surface area contributed by atoms with Crippen molar-refractivity contribution in [3.63, 3.8) is 0 Å². The Labute approximate surface area is 161 Å². The second-order valence-corrected chi connectivity index (χ2v) is 9.71.